The Morgan fingerprint density at radius 3 is 2.61 bits per heavy atom. The van der Waals surface area contributed by atoms with E-state index in [1.807, 2.05) is 0 Å². The van der Waals surface area contributed by atoms with Crippen LogP contribution in [0.15, 0.2) is 15.8 Å². The van der Waals surface area contributed by atoms with Crippen LogP contribution in [0.3, 0.4) is 0 Å². The van der Waals surface area contributed by atoms with E-state index in [2.05, 4.69) is 4.98 Å². The Kier molecular flexibility index (Phi) is 4.65. The molecule has 1 aromatic heterocycles. The topological polar surface area (TPSA) is 105 Å². The number of aliphatic hydroxyl groups excluding tert-OH is 1. The lowest BCUT2D eigenvalue weighted by atomic mass is 10.2. The van der Waals surface area contributed by atoms with Gasteiger partial charge < -0.3 is 9.84 Å². The van der Waals surface area contributed by atoms with Crippen molar-refractivity contribution in [3.05, 3.63) is 32.6 Å². The summed E-state index contributed by atoms with van der Waals surface area (Å²) in [5, 5.41) is 9.52. The first-order valence-corrected chi connectivity index (χ1v) is 7.58. The minimum absolute atomic E-state index is 0.215. The lowest BCUT2D eigenvalue weighted by molar-refractivity contribution is 0.000574. The first-order valence-electron chi connectivity index (χ1n) is 7.58. The molecule has 0 aromatic carbocycles. The van der Waals surface area contributed by atoms with Crippen LogP contribution in [-0.4, -0.2) is 43.9 Å². The first kappa shape index (κ1) is 17.3. The lowest BCUT2D eigenvalue weighted by Crippen LogP contribution is -2.46. The number of nitrogens with one attached hydrogen (secondary N) is 1. The van der Waals surface area contributed by atoms with E-state index in [1.54, 1.807) is 27.7 Å². The SMILES string of the molecule is Cc1cn([C@H]2CC[C@@H](CO)N2C(=O)OC(C)(C)C)c(=O)[nH]c1=O. The maximum Gasteiger partial charge on any atom is 0.412 e. The number of rotatable bonds is 2. The van der Waals surface area contributed by atoms with Gasteiger partial charge in [-0.3, -0.25) is 19.2 Å². The average Bonchev–Trinajstić information content (AvgIpc) is 2.84. The molecular weight excluding hydrogens is 302 g/mol. The van der Waals surface area contributed by atoms with E-state index < -0.39 is 35.2 Å². The van der Waals surface area contributed by atoms with Gasteiger partial charge in [0.2, 0.25) is 0 Å². The minimum Gasteiger partial charge on any atom is -0.444 e. The third-order valence-electron chi connectivity index (χ3n) is 3.75. The number of carbonyl (C=O) groups is 1. The summed E-state index contributed by atoms with van der Waals surface area (Å²) in [6.45, 7) is 6.62. The summed E-state index contributed by atoms with van der Waals surface area (Å²) in [6.07, 6.45) is 1.30. The second-order valence-corrected chi connectivity index (χ2v) is 6.76. The molecule has 2 heterocycles. The van der Waals surface area contributed by atoms with E-state index in [4.69, 9.17) is 4.74 Å². The molecule has 8 nitrogen and oxygen atoms in total. The Hall–Kier alpha value is -2.09. The Morgan fingerprint density at radius 1 is 1.39 bits per heavy atom. The highest BCUT2D eigenvalue weighted by Crippen LogP contribution is 2.32. The summed E-state index contributed by atoms with van der Waals surface area (Å²) < 4.78 is 6.70. The Bertz CT molecular complexity index is 700. The van der Waals surface area contributed by atoms with Gasteiger partial charge in [0.15, 0.2) is 0 Å². The molecule has 1 aliphatic rings. The van der Waals surface area contributed by atoms with Crippen molar-refractivity contribution in [3.63, 3.8) is 0 Å². The van der Waals surface area contributed by atoms with Crippen LogP contribution in [0.25, 0.3) is 0 Å². The van der Waals surface area contributed by atoms with E-state index >= 15 is 0 Å². The number of nitrogens with zero attached hydrogens (tertiary/aromatic N) is 2. The van der Waals surface area contributed by atoms with Gasteiger partial charge in [-0.05, 0) is 40.5 Å². The van der Waals surface area contributed by atoms with Crippen molar-refractivity contribution in [1.82, 2.24) is 14.5 Å². The maximum absolute atomic E-state index is 12.5. The molecule has 0 bridgehead atoms. The zero-order valence-corrected chi connectivity index (χ0v) is 13.8. The number of aromatic amines is 1. The van der Waals surface area contributed by atoms with Crippen LogP contribution in [0.4, 0.5) is 4.79 Å². The van der Waals surface area contributed by atoms with Crippen LogP contribution in [-0.2, 0) is 4.74 Å². The number of ether oxygens (including phenoxy) is 1. The van der Waals surface area contributed by atoms with E-state index in [0.717, 1.165) is 0 Å². The van der Waals surface area contributed by atoms with Crippen LogP contribution in [0.5, 0.6) is 0 Å². The number of carbonyl (C=O) groups excluding carboxylic acids is 1. The Labute approximate surface area is 133 Å². The molecule has 0 aliphatic carbocycles. The minimum atomic E-state index is -0.684. The quantitative estimate of drug-likeness (QED) is 0.834. The maximum atomic E-state index is 12.5. The summed E-state index contributed by atoms with van der Waals surface area (Å²) in [7, 11) is 0. The second-order valence-electron chi connectivity index (χ2n) is 6.76. The Morgan fingerprint density at radius 2 is 2.04 bits per heavy atom. The van der Waals surface area contributed by atoms with E-state index in [0.29, 0.717) is 18.4 Å². The fourth-order valence-electron chi connectivity index (χ4n) is 2.71. The molecule has 0 radical (unpaired) electrons. The summed E-state index contributed by atoms with van der Waals surface area (Å²) in [5.74, 6) is 0. The zero-order valence-electron chi connectivity index (χ0n) is 13.8. The summed E-state index contributed by atoms with van der Waals surface area (Å²) >= 11 is 0. The molecule has 1 aromatic rings. The van der Waals surface area contributed by atoms with Crippen LogP contribution in [0.2, 0.25) is 0 Å². The van der Waals surface area contributed by atoms with Crippen molar-refractivity contribution in [2.45, 2.75) is 58.3 Å². The van der Waals surface area contributed by atoms with Crippen molar-refractivity contribution in [1.29, 1.82) is 0 Å². The number of hydrogen-bond acceptors (Lipinski definition) is 5. The van der Waals surface area contributed by atoms with Gasteiger partial charge in [0.25, 0.3) is 5.56 Å². The molecule has 8 heteroatoms. The van der Waals surface area contributed by atoms with E-state index in [-0.39, 0.29) is 6.61 Å². The number of likely N-dealkylation sites (tertiary alicyclic amines) is 1. The largest absolute Gasteiger partial charge is 0.444 e. The zero-order chi connectivity index (χ0) is 17.4. The number of aryl methyl sites for hydroxylation is 1. The van der Waals surface area contributed by atoms with E-state index in [9.17, 15) is 19.5 Å². The molecule has 1 amide bonds. The number of H-pyrrole nitrogens is 1. The molecule has 2 rings (SSSR count). The molecule has 2 N–H and O–H groups in total. The fourth-order valence-corrected chi connectivity index (χ4v) is 2.71. The van der Waals surface area contributed by atoms with Gasteiger partial charge >= 0.3 is 11.8 Å². The highest BCUT2D eigenvalue weighted by molar-refractivity contribution is 5.69. The number of aromatic nitrogens is 2. The molecular formula is C15H23N3O5. The highest BCUT2D eigenvalue weighted by Gasteiger charge is 2.40. The number of amides is 1. The normalized spacial score (nSPS) is 21.5. The molecule has 2 atom stereocenters. The Balaban J connectivity index is 2.41. The monoisotopic (exact) mass is 325 g/mol. The van der Waals surface area contributed by atoms with Crippen molar-refractivity contribution < 1.29 is 14.6 Å². The summed E-state index contributed by atoms with van der Waals surface area (Å²) in [5.41, 5.74) is -1.35. The van der Waals surface area contributed by atoms with Gasteiger partial charge in [0.05, 0.1) is 12.6 Å². The predicted molar refractivity (Wildman–Crippen MR) is 83.3 cm³/mol. The van der Waals surface area contributed by atoms with Crippen molar-refractivity contribution in [2.24, 2.45) is 0 Å². The third kappa shape index (κ3) is 3.64. The standard InChI is InChI=1S/C15H23N3O5/c1-9-7-17(13(21)16-12(9)20)11-6-5-10(8-19)18(11)14(22)23-15(2,3)4/h7,10-11,19H,5-6,8H2,1-4H3,(H,16,20,21)/t10-,11+/m0/s1. The molecule has 23 heavy (non-hydrogen) atoms. The molecule has 128 valence electrons. The van der Waals surface area contributed by atoms with Crippen molar-refractivity contribution in [2.75, 3.05) is 6.61 Å². The molecule has 0 unspecified atom stereocenters. The van der Waals surface area contributed by atoms with Gasteiger partial charge in [-0.15, -0.1) is 0 Å². The third-order valence-corrected chi connectivity index (χ3v) is 3.75. The first-order chi connectivity index (χ1) is 10.6. The predicted octanol–water partition coefficient (Wildman–Crippen LogP) is 0.735. The molecule has 1 fully saturated rings. The van der Waals surface area contributed by atoms with Crippen LogP contribution in [0, 0.1) is 6.92 Å². The lowest BCUT2D eigenvalue weighted by Gasteiger charge is -2.32. The van der Waals surface area contributed by atoms with E-state index in [1.165, 1.54) is 15.7 Å². The molecule has 1 saturated heterocycles. The number of hydrogen-bond donors (Lipinski definition) is 2. The highest BCUT2D eigenvalue weighted by atomic mass is 16.6. The van der Waals surface area contributed by atoms with Gasteiger partial charge in [-0.2, -0.15) is 0 Å². The van der Waals surface area contributed by atoms with Gasteiger partial charge in [-0.25, -0.2) is 9.59 Å². The van der Waals surface area contributed by atoms with Gasteiger partial charge in [-0.1, -0.05) is 0 Å². The second kappa shape index (κ2) is 6.19. The van der Waals surface area contributed by atoms with Gasteiger partial charge in [0.1, 0.15) is 11.8 Å². The molecule has 0 spiro atoms. The van der Waals surface area contributed by atoms with Crippen molar-refractivity contribution in [3.8, 4) is 0 Å². The fraction of sp³-hybridized carbons (Fsp3) is 0.667. The summed E-state index contributed by atoms with van der Waals surface area (Å²) in [6, 6.07) is -0.422. The summed E-state index contributed by atoms with van der Waals surface area (Å²) in [4.78, 5) is 39.7. The molecule has 1 aliphatic heterocycles. The average molecular weight is 325 g/mol. The molecule has 0 saturated carbocycles. The van der Waals surface area contributed by atoms with Crippen LogP contribution < -0.4 is 11.2 Å². The number of aliphatic hydroxyl groups is 1. The van der Waals surface area contributed by atoms with Gasteiger partial charge in [0, 0.05) is 11.8 Å². The van der Waals surface area contributed by atoms with Crippen LogP contribution in [0.1, 0.15) is 45.3 Å². The smallest absolute Gasteiger partial charge is 0.412 e. The van der Waals surface area contributed by atoms with Crippen molar-refractivity contribution >= 4 is 6.09 Å². The van der Waals surface area contributed by atoms with Crippen LogP contribution >= 0.6 is 0 Å².